The van der Waals surface area contributed by atoms with Gasteiger partial charge in [0.25, 0.3) is 0 Å². The third kappa shape index (κ3) is 4.85. The maximum Gasteiger partial charge on any atom is 0.337 e. The average molecular weight is 388 g/mol. The summed E-state index contributed by atoms with van der Waals surface area (Å²) in [5, 5.41) is 36.3. The summed E-state index contributed by atoms with van der Waals surface area (Å²) >= 11 is 0. The van der Waals surface area contributed by atoms with E-state index in [1.165, 1.54) is 6.07 Å². The van der Waals surface area contributed by atoms with Crippen molar-refractivity contribution in [1.29, 1.82) is 0 Å². The van der Waals surface area contributed by atoms with E-state index in [0.717, 1.165) is 0 Å². The van der Waals surface area contributed by atoms with Crippen LogP contribution >= 0.6 is 0 Å². The Bertz CT molecular complexity index is 888. The molecule has 0 amide bonds. The topological polar surface area (TPSA) is 149 Å². The monoisotopic (exact) mass is 388 g/mol. The van der Waals surface area contributed by atoms with Gasteiger partial charge < -0.3 is 20.4 Å². The quantitative estimate of drug-likeness (QED) is 0.624. The Morgan fingerprint density at radius 2 is 1.18 bits per heavy atom. The second-order valence-electron chi connectivity index (χ2n) is 6.54. The first-order chi connectivity index (χ1) is 13.2. The minimum absolute atomic E-state index is 0.161. The molecule has 0 radical (unpaired) electrons. The Labute approximate surface area is 160 Å². The van der Waals surface area contributed by atoms with Crippen molar-refractivity contribution in [3.63, 3.8) is 0 Å². The SMILES string of the molecule is O=C(O)C1CCC(C(=O)O)CC1.O=C(O)c1ccc2ccccc2c1C(=O)O. The van der Waals surface area contributed by atoms with Crippen molar-refractivity contribution in [2.24, 2.45) is 11.8 Å². The Kier molecular flexibility index (Phi) is 6.70. The van der Waals surface area contributed by atoms with Crippen molar-refractivity contribution in [3.05, 3.63) is 47.5 Å². The van der Waals surface area contributed by atoms with Gasteiger partial charge in [-0.15, -0.1) is 0 Å². The van der Waals surface area contributed by atoms with Crippen molar-refractivity contribution >= 4 is 34.6 Å². The van der Waals surface area contributed by atoms with Crippen molar-refractivity contribution in [2.45, 2.75) is 25.7 Å². The van der Waals surface area contributed by atoms with Gasteiger partial charge in [0.15, 0.2) is 0 Å². The van der Waals surface area contributed by atoms with Crippen LogP contribution in [-0.4, -0.2) is 44.3 Å². The van der Waals surface area contributed by atoms with Gasteiger partial charge in [-0.1, -0.05) is 30.3 Å². The lowest BCUT2D eigenvalue weighted by atomic mass is 9.82. The standard InChI is InChI=1S/C12H8O4.C8H12O4/c13-11(14)9-6-5-7-3-1-2-4-8(7)10(9)12(15)16;9-7(10)5-1-2-6(4-3-5)8(11)12/h1-6H,(H,13,14)(H,15,16);5-6H,1-4H2,(H,9,10)(H,11,12). The molecule has 8 nitrogen and oxygen atoms in total. The molecule has 1 saturated carbocycles. The second-order valence-corrected chi connectivity index (χ2v) is 6.54. The smallest absolute Gasteiger partial charge is 0.337 e. The highest BCUT2D eigenvalue weighted by molar-refractivity contribution is 6.11. The molecule has 4 N–H and O–H groups in total. The molecule has 0 atom stereocenters. The summed E-state index contributed by atoms with van der Waals surface area (Å²) in [5.41, 5.74) is -0.350. The van der Waals surface area contributed by atoms with Crippen molar-refractivity contribution < 1.29 is 39.6 Å². The lowest BCUT2D eigenvalue weighted by molar-refractivity contribution is -0.148. The van der Waals surface area contributed by atoms with Crippen LogP contribution in [0.25, 0.3) is 10.8 Å². The number of aromatic carboxylic acids is 2. The Morgan fingerprint density at radius 3 is 1.61 bits per heavy atom. The highest BCUT2D eigenvalue weighted by Gasteiger charge is 2.29. The first-order valence-corrected chi connectivity index (χ1v) is 8.66. The molecule has 0 bridgehead atoms. The number of hydrogen-bond donors (Lipinski definition) is 4. The molecule has 0 saturated heterocycles. The molecule has 1 aliphatic carbocycles. The van der Waals surface area contributed by atoms with Gasteiger partial charge in [-0.2, -0.15) is 0 Å². The van der Waals surface area contributed by atoms with Crippen LogP contribution in [0.4, 0.5) is 0 Å². The summed E-state index contributed by atoms with van der Waals surface area (Å²) in [6.45, 7) is 0. The fourth-order valence-corrected chi connectivity index (χ4v) is 3.27. The summed E-state index contributed by atoms with van der Waals surface area (Å²) in [7, 11) is 0. The zero-order valence-corrected chi connectivity index (χ0v) is 14.9. The molecule has 0 unspecified atom stereocenters. The molecule has 2 aromatic carbocycles. The zero-order valence-electron chi connectivity index (χ0n) is 14.9. The molecule has 3 rings (SSSR count). The summed E-state index contributed by atoms with van der Waals surface area (Å²) < 4.78 is 0. The largest absolute Gasteiger partial charge is 0.481 e. The van der Waals surface area contributed by atoms with Crippen molar-refractivity contribution in [1.82, 2.24) is 0 Å². The third-order valence-electron chi connectivity index (χ3n) is 4.80. The normalized spacial score (nSPS) is 18.6. The van der Waals surface area contributed by atoms with Crippen molar-refractivity contribution in [2.75, 3.05) is 0 Å². The molecule has 1 aliphatic rings. The molecule has 0 heterocycles. The highest BCUT2D eigenvalue weighted by Crippen LogP contribution is 2.28. The summed E-state index contributed by atoms with van der Waals surface area (Å²) in [4.78, 5) is 43.0. The van der Waals surface area contributed by atoms with Crippen LogP contribution in [0, 0.1) is 11.8 Å². The van der Waals surface area contributed by atoms with E-state index in [9.17, 15) is 19.2 Å². The summed E-state index contributed by atoms with van der Waals surface area (Å²) in [5.74, 6) is -4.68. The van der Waals surface area contributed by atoms with Crippen LogP contribution in [-0.2, 0) is 9.59 Å². The molecule has 148 valence electrons. The number of benzene rings is 2. The van der Waals surface area contributed by atoms with Crippen LogP contribution in [0.1, 0.15) is 46.4 Å². The van der Waals surface area contributed by atoms with Crippen LogP contribution in [0.2, 0.25) is 0 Å². The molecule has 8 heteroatoms. The van der Waals surface area contributed by atoms with E-state index in [1.54, 1.807) is 30.3 Å². The third-order valence-corrected chi connectivity index (χ3v) is 4.80. The molecular formula is C20H20O8. The highest BCUT2D eigenvalue weighted by atomic mass is 16.4. The van der Waals surface area contributed by atoms with Gasteiger partial charge in [-0.25, -0.2) is 9.59 Å². The summed E-state index contributed by atoms with van der Waals surface area (Å²) in [6.07, 6.45) is 2.03. The fourth-order valence-electron chi connectivity index (χ4n) is 3.27. The first kappa shape index (κ1) is 20.9. The number of fused-ring (bicyclic) bond motifs is 1. The molecule has 1 fully saturated rings. The Balaban J connectivity index is 0.000000209. The van der Waals surface area contributed by atoms with E-state index >= 15 is 0 Å². The number of aliphatic carboxylic acids is 2. The molecular weight excluding hydrogens is 368 g/mol. The number of hydrogen-bond acceptors (Lipinski definition) is 4. The van der Waals surface area contributed by atoms with Crippen LogP contribution in [0.15, 0.2) is 36.4 Å². The van der Waals surface area contributed by atoms with Crippen LogP contribution in [0.5, 0.6) is 0 Å². The summed E-state index contributed by atoms with van der Waals surface area (Å²) in [6, 6.07) is 9.72. The second kappa shape index (κ2) is 8.98. The van der Waals surface area contributed by atoms with Gasteiger partial charge in [-0.3, -0.25) is 9.59 Å². The molecule has 0 aromatic heterocycles. The molecule has 0 aliphatic heterocycles. The lowest BCUT2D eigenvalue weighted by Gasteiger charge is -2.22. The van der Waals surface area contributed by atoms with E-state index in [1.807, 2.05) is 0 Å². The van der Waals surface area contributed by atoms with Gasteiger partial charge in [0, 0.05) is 0 Å². The minimum atomic E-state index is -1.23. The van der Waals surface area contributed by atoms with Crippen LogP contribution < -0.4 is 0 Å². The van der Waals surface area contributed by atoms with E-state index < -0.39 is 23.9 Å². The lowest BCUT2D eigenvalue weighted by Crippen LogP contribution is -2.25. The average Bonchev–Trinajstić information content (AvgIpc) is 2.67. The predicted octanol–water partition coefficient (Wildman–Crippen LogP) is 3.20. The fraction of sp³-hybridized carbons (Fsp3) is 0.300. The van der Waals surface area contributed by atoms with E-state index in [-0.39, 0.29) is 23.0 Å². The first-order valence-electron chi connectivity index (χ1n) is 8.66. The van der Waals surface area contributed by atoms with Gasteiger partial charge >= 0.3 is 23.9 Å². The maximum atomic E-state index is 11.1. The number of carboxylic acid groups (broad SMARTS) is 4. The van der Waals surface area contributed by atoms with Gasteiger partial charge in [0.2, 0.25) is 0 Å². The van der Waals surface area contributed by atoms with E-state index in [2.05, 4.69) is 0 Å². The van der Waals surface area contributed by atoms with E-state index in [0.29, 0.717) is 36.5 Å². The predicted molar refractivity (Wildman–Crippen MR) is 98.6 cm³/mol. The van der Waals surface area contributed by atoms with Gasteiger partial charge in [0.1, 0.15) is 0 Å². The number of carbonyl (C=O) groups is 4. The minimum Gasteiger partial charge on any atom is -0.481 e. The van der Waals surface area contributed by atoms with E-state index in [4.69, 9.17) is 20.4 Å². The number of carboxylic acids is 4. The molecule has 2 aromatic rings. The molecule has 28 heavy (non-hydrogen) atoms. The number of rotatable bonds is 4. The molecule has 0 spiro atoms. The Hall–Kier alpha value is -3.42. The Morgan fingerprint density at radius 1 is 0.679 bits per heavy atom. The van der Waals surface area contributed by atoms with Crippen LogP contribution in [0.3, 0.4) is 0 Å². The van der Waals surface area contributed by atoms with Crippen molar-refractivity contribution in [3.8, 4) is 0 Å². The van der Waals surface area contributed by atoms with Gasteiger partial charge in [-0.05, 0) is 42.5 Å². The zero-order chi connectivity index (χ0) is 20.8. The van der Waals surface area contributed by atoms with Gasteiger partial charge in [0.05, 0.1) is 23.0 Å². The maximum absolute atomic E-state index is 11.1.